The molecule has 0 radical (unpaired) electrons. The molecule has 0 N–H and O–H groups in total. The van der Waals surface area contributed by atoms with E-state index in [1.54, 1.807) is 0 Å². The van der Waals surface area contributed by atoms with Crippen molar-refractivity contribution in [2.24, 2.45) is 0 Å². The Morgan fingerprint density at radius 2 is 1.59 bits per heavy atom. The summed E-state index contributed by atoms with van der Waals surface area (Å²) in [5.41, 5.74) is 1.72. The minimum Gasteiger partial charge on any atom is -0.439 e. The minimum atomic E-state index is -0.726. The molecule has 2 aliphatic heterocycles. The molecule has 2 amide bonds. The molecule has 27 heavy (non-hydrogen) atoms. The van der Waals surface area contributed by atoms with Crippen LogP contribution in [0.2, 0.25) is 0 Å². The molecular weight excluding hydrogens is 348 g/mol. The zero-order valence-electron chi connectivity index (χ0n) is 14.6. The van der Waals surface area contributed by atoms with Crippen LogP contribution in [0.15, 0.2) is 60.7 Å². The Balaban J connectivity index is 1.67. The maximum absolute atomic E-state index is 12.7. The summed E-state index contributed by atoms with van der Waals surface area (Å²) in [6, 6.07) is 17.7. The summed E-state index contributed by atoms with van der Waals surface area (Å²) in [5, 5.41) is 0.970. The summed E-state index contributed by atoms with van der Waals surface area (Å²) in [6.07, 6.45) is -1.09. The predicted octanol–water partition coefficient (Wildman–Crippen LogP) is 2.61. The van der Waals surface area contributed by atoms with E-state index in [0.717, 1.165) is 16.2 Å². The van der Waals surface area contributed by atoms with E-state index in [0.29, 0.717) is 0 Å². The lowest BCUT2D eigenvalue weighted by Gasteiger charge is -2.41. The minimum absolute atomic E-state index is 0.123. The number of hydroxylamine groups is 2. The van der Waals surface area contributed by atoms with Gasteiger partial charge in [0.25, 0.3) is 5.91 Å². The molecule has 2 aromatic rings. The van der Waals surface area contributed by atoms with E-state index < -0.39 is 36.2 Å². The number of nitrogens with zero attached hydrogens (tertiary/aromatic N) is 2. The van der Waals surface area contributed by atoms with Gasteiger partial charge < -0.3 is 9.57 Å². The number of carbonyl (C=O) groups excluding carboxylic acids is 3. The van der Waals surface area contributed by atoms with E-state index in [1.165, 1.54) is 11.8 Å². The Morgan fingerprint density at radius 3 is 2.15 bits per heavy atom. The highest BCUT2D eigenvalue weighted by atomic mass is 16.7. The van der Waals surface area contributed by atoms with Crippen LogP contribution in [0.4, 0.5) is 4.79 Å². The Hall–Kier alpha value is -3.35. The molecule has 3 atom stereocenters. The fourth-order valence-corrected chi connectivity index (χ4v) is 3.52. The van der Waals surface area contributed by atoms with E-state index in [9.17, 15) is 14.4 Å². The summed E-state index contributed by atoms with van der Waals surface area (Å²) in [7, 11) is 0. The lowest BCUT2D eigenvalue weighted by Crippen LogP contribution is -2.64. The second-order valence-electron chi connectivity index (χ2n) is 6.48. The summed E-state index contributed by atoms with van der Waals surface area (Å²) in [6.45, 7) is 1.35. The average molecular weight is 366 g/mol. The molecular formula is C20H18N2O5. The van der Waals surface area contributed by atoms with Crippen molar-refractivity contribution in [3.63, 3.8) is 0 Å². The van der Waals surface area contributed by atoms with Crippen molar-refractivity contribution in [3.05, 3.63) is 71.8 Å². The molecule has 4 rings (SSSR count). The van der Waals surface area contributed by atoms with Crippen LogP contribution >= 0.6 is 0 Å². The molecule has 2 fully saturated rings. The largest absolute Gasteiger partial charge is 0.439 e. The standard InChI is InChI=1S/C20H18N2O5/c1-13(23)27-21-12-16(19(21)24)22-17(14-8-4-2-5-9-14)18(26-20(22)25)15-10-6-3-7-11-15/h2-11,16-18H,12H2,1H3. The fourth-order valence-electron chi connectivity index (χ4n) is 3.52. The number of hydrogen-bond donors (Lipinski definition) is 0. The van der Waals surface area contributed by atoms with Gasteiger partial charge in [-0.1, -0.05) is 60.7 Å². The van der Waals surface area contributed by atoms with Crippen molar-refractivity contribution in [3.8, 4) is 0 Å². The molecule has 2 saturated heterocycles. The lowest BCUT2D eigenvalue weighted by atomic mass is 9.93. The lowest BCUT2D eigenvalue weighted by molar-refractivity contribution is -0.220. The summed E-state index contributed by atoms with van der Waals surface area (Å²) in [5.74, 6) is -1.01. The van der Waals surface area contributed by atoms with Gasteiger partial charge >= 0.3 is 12.1 Å². The van der Waals surface area contributed by atoms with Gasteiger partial charge in [0.1, 0.15) is 12.1 Å². The maximum Gasteiger partial charge on any atom is 0.411 e. The smallest absolute Gasteiger partial charge is 0.411 e. The molecule has 7 heteroatoms. The Labute approximate surface area is 156 Å². The van der Waals surface area contributed by atoms with Crippen LogP contribution in [0.1, 0.15) is 30.2 Å². The number of ether oxygens (including phenoxy) is 1. The molecule has 7 nitrogen and oxygen atoms in total. The van der Waals surface area contributed by atoms with Crippen molar-refractivity contribution in [2.75, 3.05) is 6.54 Å². The highest BCUT2D eigenvalue weighted by Gasteiger charge is 2.54. The molecule has 0 aromatic heterocycles. The Kier molecular flexibility index (Phi) is 4.27. The Morgan fingerprint density at radius 1 is 1.00 bits per heavy atom. The first kappa shape index (κ1) is 17.1. The molecule has 2 aromatic carbocycles. The number of rotatable bonds is 4. The quantitative estimate of drug-likeness (QED) is 0.778. The van der Waals surface area contributed by atoms with Gasteiger partial charge in [0.2, 0.25) is 0 Å². The molecule has 2 heterocycles. The molecule has 0 bridgehead atoms. The van der Waals surface area contributed by atoms with Crippen molar-refractivity contribution >= 4 is 18.0 Å². The van der Waals surface area contributed by atoms with Gasteiger partial charge in [0, 0.05) is 6.92 Å². The number of hydrogen-bond acceptors (Lipinski definition) is 5. The van der Waals surface area contributed by atoms with Crippen LogP contribution in [-0.2, 0) is 19.2 Å². The predicted molar refractivity (Wildman–Crippen MR) is 94.0 cm³/mol. The first-order chi connectivity index (χ1) is 13.1. The first-order valence-electron chi connectivity index (χ1n) is 8.65. The van der Waals surface area contributed by atoms with E-state index >= 15 is 0 Å². The number of carbonyl (C=O) groups is 3. The third-order valence-corrected chi connectivity index (χ3v) is 4.74. The van der Waals surface area contributed by atoms with E-state index in [1.807, 2.05) is 60.7 Å². The third-order valence-electron chi connectivity index (χ3n) is 4.74. The van der Waals surface area contributed by atoms with Gasteiger partial charge in [-0.05, 0) is 11.1 Å². The van der Waals surface area contributed by atoms with Gasteiger partial charge in [0.15, 0.2) is 6.10 Å². The second-order valence-corrected chi connectivity index (χ2v) is 6.48. The van der Waals surface area contributed by atoms with E-state index in [-0.39, 0.29) is 6.54 Å². The third kappa shape index (κ3) is 3.01. The van der Waals surface area contributed by atoms with Gasteiger partial charge in [-0.3, -0.25) is 14.5 Å². The van der Waals surface area contributed by atoms with Crippen molar-refractivity contribution in [1.82, 2.24) is 9.96 Å². The van der Waals surface area contributed by atoms with E-state index in [2.05, 4.69) is 0 Å². The van der Waals surface area contributed by atoms with Crippen LogP contribution < -0.4 is 0 Å². The average Bonchev–Trinajstić information content (AvgIpc) is 3.02. The van der Waals surface area contributed by atoms with E-state index in [4.69, 9.17) is 9.57 Å². The number of amides is 2. The first-order valence-corrected chi connectivity index (χ1v) is 8.65. The second kappa shape index (κ2) is 6.75. The van der Waals surface area contributed by atoms with Crippen LogP contribution in [0, 0.1) is 0 Å². The topological polar surface area (TPSA) is 76.2 Å². The fraction of sp³-hybridized carbons (Fsp3) is 0.250. The van der Waals surface area contributed by atoms with Gasteiger partial charge in [-0.2, -0.15) is 5.06 Å². The molecule has 0 spiro atoms. The summed E-state index contributed by atoms with van der Waals surface area (Å²) in [4.78, 5) is 42.5. The highest BCUT2D eigenvalue weighted by molar-refractivity contribution is 5.91. The summed E-state index contributed by atoms with van der Waals surface area (Å²) < 4.78 is 5.66. The van der Waals surface area contributed by atoms with Crippen molar-refractivity contribution < 1.29 is 24.0 Å². The van der Waals surface area contributed by atoms with Crippen LogP contribution in [0.5, 0.6) is 0 Å². The van der Waals surface area contributed by atoms with Gasteiger partial charge in [0.05, 0.1) is 6.54 Å². The monoisotopic (exact) mass is 366 g/mol. The zero-order chi connectivity index (χ0) is 19.0. The van der Waals surface area contributed by atoms with Crippen molar-refractivity contribution in [1.29, 1.82) is 0 Å². The molecule has 3 unspecified atom stereocenters. The van der Waals surface area contributed by atoms with Crippen LogP contribution in [0.3, 0.4) is 0 Å². The zero-order valence-corrected chi connectivity index (χ0v) is 14.6. The maximum atomic E-state index is 12.7. The van der Waals surface area contributed by atoms with Crippen LogP contribution in [-0.4, -0.2) is 40.5 Å². The molecule has 0 saturated carbocycles. The normalized spacial score (nSPS) is 24.4. The number of benzene rings is 2. The van der Waals surface area contributed by atoms with Crippen molar-refractivity contribution in [2.45, 2.75) is 25.1 Å². The molecule has 138 valence electrons. The number of β-lactam (4-membered cyclic amide) rings is 1. The highest BCUT2D eigenvalue weighted by Crippen LogP contribution is 2.45. The SMILES string of the molecule is CC(=O)ON1CC(N2C(=O)OC(c3ccccc3)C2c2ccccc2)C1=O. The molecule has 2 aliphatic rings. The van der Waals surface area contributed by atoms with Gasteiger partial charge in [-0.25, -0.2) is 4.79 Å². The Bertz CT molecular complexity index is 870. The number of cyclic esters (lactones) is 1. The summed E-state index contributed by atoms with van der Waals surface area (Å²) >= 11 is 0. The molecule has 0 aliphatic carbocycles. The van der Waals surface area contributed by atoms with Gasteiger partial charge in [-0.15, -0.1) is 0 Å². The van der Waals surface area contributed by atoms with Crippen LogP contribution in [0.25, 0.3) is 0 Å².